The van der Waals surface area contributed by atoms with Crippen LogP contribution in [-0.2, 0) is 0 Å². The maximum atomic E-state index is 13.4. The van der Waals surface area contributed by atoms with E-state index in [4.69, 9.17) is 4.42 Å². The molecule has 0 spiro atoms. The van der Waals surface area contributed by atoms with Crippen LogP contribution >= 0.6 is 38.5 Å². The predicted octanol–water partition coefficient (Wildman–Crippen LogP) is 3.38. The number of aromatic nitrogens is 2. The Bertz CT molecular complexity index is 494. The normalized spacial score (nSPS) is 10.7. The van der Waals surface area contributed by atoms with Crippen molar-refractivity contribution >= 4 is 38.5 Å². The molecule has 2 aromatic rings. The molecule has 0 aliphatic heterocycles. The average Bonchev–Trinajstić information content (AvgIpc) is 2.49. The molecule has 15 heavy (non-hydrogen) atoms. The van der Waals surface area contributed by atoms with Crippen molar-refractivity contribution in [3.8, 4) is 11.5 Å². The molecule has 0 unspecified atom stereocenters. The summed E-state index contributed by atoms with van der Waals surface area (Å²) >= 11 is 4.74. The molecule has 2 rings (SSSR count). The lowest BCUT2D eigenvalue weighted by molar-refractivity contribution is 0.518. The lowest BCUT2D eigenvalue weighted by Gasteiger charge is -2.00. The maximum absolute atomic E-state index is 13.4. The monoisotopic (exact) mass is 386 g/mol. The minimum atomic E-state index is -0.748. The Morgan fingerprint density at radius 1 is 1.20 bits per heavy atom. The van der Waals surface area contributed by atoms with Gasteiger partial charge >= 0.3 is 0 Å². The van der Waals surface area contributed by atoms with Crippen molar-refractivity contribution in [2.24, 2.45) is 0 Å². The van der Waals surface area contributed by atoms with Gasteiger partial charge in [0, 0.05) is 27.1 Å². The molecule has 0 amide bonds. The average molecular weight is 387 g/mol. The van der Waals surface area contributed by atoms with Crippen LogP contribution in [-0.4, -0.2) is 10.2 Å². The van der Waals surface area contributed by atoms with Crippen molar-refractivity contribution in [2.45, 2.75) is 0 Å². The van der Waals surface area contributed by atoms with Gasteiger partial charge in [0.25, 0.3) is 9.79 Å². The second-order valence-corrected chi connectivity index (χ2v) is 4.44. The molecule has 3 nitrogen and oxygen atoms in total. The summed E-state index contributed by atoms with van der Waals surface area (Å²) < 4.78 is 32.3. The van der Waals surface area contributed by atoms with Gasteiger partial charge in [-0.2, -0.15) is 0 Å². The third-order valence-electron chi connectivity index (χ3n) is 1.62. The zero-order valence-electron chi connectivity index (χ0n) is 6.97. The van der Waals surface area contributed by atoms with Crippen molar-refractivity contribution in [1.29, 1.82) is 0 Å². The molecule has 0 saturated heterocycles. The van der Waals surface area contributed by atoms with E-state index in [1.165, 1.54) is 0 Å². The molecule has 1 aromatic carbocycles. The number of nitrogens with zero attached hydrogens (tertiary/aromatic N) is 2. The summed E-state index contributed by atoms with van der Waals surface area (Å²) in [6, 6.07) is 2.27. The number of halogens is 4. The van der Waals surface area contributed by atoms with Crippen molar-refractivity contribution < 1.29 is 13.2 Å². The first-order valence-corrected chi connectivity index (χ1v) is 5.59. The fourth-order valence-electron chi connectivity index (χ4n) is 1.05. The summed E-state index contributed by atoms with van der Waals surface area (Å²) in [5.41, 5.74) is -0.311. The van der Waals surface area contributed by atoms with Gasteiger partial charge in [0.15, 0.2) is 0 Å². The largest absolute Gasteiger partial charge is 0.411 e. The van der Waals surface area contributed by atoms with Crippen LogP contribution in [0, 0.1) is 15.5 Å². The van der Waals surface area contributed by atoms with Gasteiger partial charge in [-0.3, -0.25) is 0 Å². The van der Waals surface area contributed by atoms with E-state index < -0.39 is 11.6 Å². The Hall–Kier alpha value is -0.570. The SMILES string of the molecule is Fc1cc(Br)cc(F)c1-c1nnc(I)o1. The molecule has 0 aliphatic carbocycles. The summed E-state index contributed by atoms with van der Waals surface area (Å²) in [4.78, 5) is 0. The molecule has 0 saturated carbocycles. The first-order valence-electron chi connectivity index (χ1n) is 3.72. The molecular formula is C8H2BrF2IN2O. The van der Waals surface area contributed by atoms with Gasteiger partial charge in [-0.05, 0) is 12.1 Å². The van der Waals surface area contributed by atoms with Crippen LogP contribution in [0.1, 0.15) is 0 Å². The van der Waals surface area contributed by atoms with Gasteiger partial charge < -0.3 is 4.42 Å². The minimum Gasteiger partial charge on any atom is -0.411 e. The van der Waals surface area contributed by atoms with Crippen molar-refractivity contribution in [1.82, 2.24) is 10.2 Å². The molecule has 78 valence electrons. The number of hydrogen-bond donors (Lipinski definition) is 0. The number of rotatable bonds is 1. The predicted molar refractivity (Wildman–Crippen MR) is 60.1 cm³/mol. The van der Waals surface area contributed by atoms with E-state index in [0.29, 0.717) is 4.47 Å². The molecule has 7 heteroatoms. The smallest absolute Gasteiger partial charge is 0.278 e. The van der Waals surface area contributed by atoms with E-state index in [0.717, 1.165) is 12.1 Å². The Morgan fingerprint density at radius 3 is 2.27 bits per heavy atom. The molecule has 0 N–H and O–H groups in total. The highest BCUT2D eigenvalue weighted by atomic mass is 127. The first kappa shape index (κ1) is 10.9. The summed E-state index contributed by atoms with van der Waals surface area (Å²) in [6.07, 6.45) is 0. The van der Waals surface area contributed by atoms with Gasteiger partial charge in [-0.25, -0.2) is 8.78 Å². The van der Waals surface area contributed by atoms with Crippen LogP contribution in [0.25, 0.3) is 11.5 Å². The lowest BCUT2D eigenvalue weighted by atomic mass is 10.2. The molecule has 0 bridgehead atoms. The van der Waals surface area contributed by atoms with Crippen LogP contribution in [0.2, 0.25) is 0 Å². The zero-order chi connectivity index (χ0) is 11.0. The van der Waals surface area contributed by atoms with Crippen molar-refractivity contribution in [3.05, 3.63) is 32.1 Å². The van der Waals surface area contributed by atoms with E-state index in [2.05, 4.69) is 26.1 Å². The summed E-state index contributed by atoms with van der Waals surface area (Å²) in [6.45, 7) is 0. The topological polar surface area (TPSA) is 38.9 Å². The van der Waals surface area contributed by atoms with E-state index >= 15 is 0 Å². The fraction of sp³-hybridized carbons (Fsp3) is 0. The van der Waals surface area contributed by atoms with E-state index in [-0.39, 0.29) is 15.4 Å². The number of hydrogen-bond acceptors (Lipinski definition) is 3. The molecule has 0 radical (unpaired) electrons. The van der Waals surface area contributed by atoms with Gasteiger partial charge in [0.2, 0.25) is 0 Å². The second kappa shape index (κ2) is 4.12. The summed E-state index contributed by atoms with van der Waals surface area (Å²) in [5, 5.41) is 7.04. The van der Waals surface area contributed by atoms with Gasteiger partial charge in [-0.1, -0.05) is 15.9 Å². The standard InChI is InChI=1S/C8H2BrF2IN2O/c9-3-1-4(10)6(5(11)2-3)7-13-14-8(12)15-7/h1-2H. The molecule has 0 aliphatic rings. The van der Waals surface area contributed by atoms with Crippen molar-refractivity contribution in [2.75, 3.05) is 0 Å². The van der Waals surface area contributed by atoms with Crippen LogP contribution in [0.4, 0.5) is 8.78 Å². The summed E-state index contributed by atoms with van der Waals surface area (Å²) in [5.74, 6) is -1.66. The first-order chi connectivity index (χ1) is 7.08. The van der Waals surface area contributed by atoms with E-state index in [1.54, 1.807) is 22.6 Å². The minimum absolute atomic E-state index is 0.165. The van der Waals surface area contributed by atoms with E-state index in [1.807, 2.05) is 0 Å². The Morgan fingerprint density at radius 2 is 1.80 bits per heavy atom. The zero-order valence-corrected chi connectivity index (χ0v) is 10.7. The summed E-state index contributed by atoms with van der Waals surface area (Å²) in [7, 11) is 0. The third kappa shape index (κ3) is 2.17. The van der Waals surface area contributed by atoms with Crippen LogP contribution in [0.3, 0.4) is 0 Å². The molecule has 0 fully saturated rings. The van der Waals surface area contributed by atoms with Gasteiger partial charge in [0.1, 0.15) is 17.2 Å². The van der Waals surface area contributed by atoms with Crippen molar-refractivity contribution in [3.63, 3.8) is 0 Å². The number of benzene rings is 1. The Labute approximate surface area is 105 Å². The van der Waals surface area contributed by atoms with Crippen LogP contribution in [0.15, 0.2) is 21.0 Å². The fourth-order valence-corrected chi connectivity index (χ4v) is 1.77. The van der Waals surface area contributed by atoms with Gasteiger partial charge in [-0.15, -0.1) is 10.2 Å². The second-order valence-electron chi connectivity index (χ2n) is 2.60. The quantitative estimate of drug-likeness (QED) is 0.705. The van der Waals surface area contributed by atoms with E-state index in [9.17, 15) is 8.78 Å². The maximum Gasteiger partial charge on any atom is 0.278 e. The highest BCUT2D eigenvalue weighted by Gasteiger charge is 2.18. The lowest BCUT2D eigenvalue weighted by Crippen LogP contribution is -1.90. The molecule has 1 aromatic heterocycles. The Kier molecular flexibility index (Phi) is 3.01. The van der Waals surface area contributed by atoms with Gasteiger partial charge in [0.05, 0.1) is 0 Å². The van der Waals surface area contributed by atoms with Crippen LogP contribution in [0.5, 0.6) is 0 Å². The Balaban J connectivity index is 2.62. The highest BCUT2D eigenvalue weighted by molar-refractivity contribution is 14.1. The molecular weight excluding hydrogens is 385 g/mol. The molecule has 0 atom stereocenters. The highest BCUT2D eigenvalue weighted by Crippen LogP contribution is 2.28. The van der Waals surface area contributed by atoms with Crippen LogP contribution < -0.4 is 0 Å². The molecule has 1 heterocycles. The third-order valence-corrected chi connectivity index (χ3v) is 2.51.